The lowest BCUT2D eigenvalue weighted by atomic mass is 10.1. The van der Waals surface area contributed by atoms with Crippen LogP contribution in [0.4, 0.5) is 8.78 Å². The van der Waals surface area contributed by atoms with Crippen LogP contribution in [-0.2, 0) is 12.8 Å². The standard InChI is InChI=1S/C18H20F2N4O/c1-23(12-7-8-21-10-12)18(25)17-13-3-2-4-16(13)24(22-17)11-5-6-14(19)15(20)9-11/h5-6,9,12,21H,2-4,7-8,10H2,1H3. The first-order valence-corrected chi connectivity index (χ1v) is 8.60. The fraction of sp³-hybridized carbons (Fsp3) is 0.444. The van der Waals surface area contributed by atoms with Crippen molar-refractivity contribution in [3.05, 3.63) is 46.8 Å². The Balaban J connectivity index is 1.72. The van der Waals surface area contributed by atoms with Crippen molar-refractivity contribution >= 4 is 5.91 Å². The first kappa shape index (κ1) is 16.2. The number of fused-ring (bicyclic) bond motifs is 1. The number of likely N-dealkylation sites (N-methyl/N-ethyl adjacent to an activating group) is 1. The number of hydrogen-bond acceptors (Lipinski definition) is 3. The van der Waals surface area contributed by atoms with Gasteiger partial charge in [-0.2, -0.15) is 5.10 Å². The van der Waals surface area contributed by atoms with Gasteiger partial charge in [-0.1, -0.05) is 0 Å². The Labute approximate surface area is 144 Å². The molecule has 132 valence electrons. The molecule has 0 bridgehead atoms. The molecule has 1 aromatic heterocycles. The summed E-state index contributed by atoms with van der Waals surface area (Å²) in [6.07, 6.45) is 3.43. The molecule has 1 aliphatic carbocycles. The minimum absolute atomic E-state index is 0.104. The van der Waals surface area contributed by atoms with Crippen molar-refractivity contribution in [3.8, 4) is 5.69 Å². The van der Waals surface area contributed by atoms with Gasteiger partial charge >= 0.3 is 0 Å². The van der Waals surface area contributed by atoms with E-state index in [1.54, 1.807) is 16.6 Å². The van der Waals surface area contributed by atoms with Crippen LogP contribution in [0.25, 0.3) is 5.69 Å². The van der Waals surface area contributed by atoms with Crippen LogP contribution in [0.5, 0.6) is 0 Å². The summed E-state index contributed by atoms with van der Waals surface area (Å²) in [5.41, 5.74) is 2.74. The summed E-state index contributed by atoms with van der Waals surface area (Å²) in [5.74, 6) is -1.91. The molecule has 0 spiro atoms. The van der Waals surface area contributed by atoms with Crippen molar-refractivity contribution in [2.24, 2.45) is 0 Å². The highest BCUT2D eigenvalue weighted by Gasteiger charge is 2.31. The van der Waals surface area contributed by atoms with Crippen molar-refractivity contribution in [3.63, 3.8) is 0 Å². The average molecular weight is 346 g/mol. The number of carbonyl (C=O) groups is 1. The number of aromatic nitrogens is 2. The molecule has 1 aromatic carbocycles. The Morgan fingerprint density at radius 3 is 2.88 bits per heavy atom. The highest BCUT2D eigenvalue weighted by molar-refractivity contribution is 5.94. The number of nitrogens with one attached hydrogen (secondary N) is 1. The van der Waals surface area contributed by atoms with E-state index in [-0.39, 0.29) is 11.9 Å². The van der Waals surface area contributed by atoms with E-state index in [4.69, 9.17) is 0 Å². The lowest BCUT2D eigenvalue weighted by Crippen LogP contribution is -2.39. The minimum atomic E-state index is -0.915. The summed E-state index contributed by atoms with van der Waals surface area (Å²) in [5, 5.41) is 7.74. The van der Waals surface area contributed by atoms with Crippen LogP contribution < -0.4 is 5.32 Å². The zero-order valence-electron chi connectivity index (χ0n) is 14.1. The third kappa shape index (κ3) is 2.72. The van der Waals surface area contributed by atoms with Crippen LogP contribution in [0.1, 0.15) is 34.6 Å². The van der Waals surface area contributed by atoms with E-state index in [1.807, 2.05) is 0 Å². The maximum atomic E-state index is 13.6. The van der Waals surface area contributed by atoms with Gasteiger partial charge in [-0.25, -0.2) is 13.5 Å². The molecular weight excluding hydrogens is 326 g/mol. The molecule has 1 saturated heterocycles. The molecule has 25 heavy (non-hydrogen) atoms. The van der Waals surface area contributed by atoms with Gasteiger partial charge in [0.05, 0.1) is 5.69 Å². The second-order valence-electron chi connectivity index (χ2n) is 6.70. The van der Waals surface area contributed by atoms with Gasteiger partial charge in [0.25, 0.3) is 5.91 Å². The molecule has 1 N–H and O–H groups in total. The Bertz CT molecular complexity index is 827. The first-order valence-electron chi connectivity index (χ1n) is 8.60. The van der Waals surface area contributed by atoms with Crippen LogP contribution in [0.3, 0.4) is 0 Å². The molecule has 1 aliphatic heterocycles. The van der Waals surface area contributed by atoms with Gasteiger partial charge < -0.3 is 10.2 Å². The van der Waals surface area contributed by atoms with Crippen LogP contribution in [0, 0.1) is 11.6 Å². The van der Waals surface area contributed by atoms with E-state index in [0.717, 1.165) is 62.2 Å². The van der Waals surface area contributed by atoms with Crippen LogP contribution in [0.15, 0.2) is 18.2 Å². The quantitative estimate of drug-likeness (QED) is 0.926. The van der Waals surface area contributed by atoms with Gasteiger partial charge in [-0.15, -0.1) is 0 Å². The Morgan fingerprint density at radius 2 is 2.16 bits per heavy atom. The van der Waals surface area contributed by atoms with E-state index in [9.17, 15) is 13.6 Å². The number of amides is 1. The summed E-state index contributed by atoms with van der Waals surface area (Å²) in [6, 6.07) is 3.87. The Morgan fingerprint density at radius 1 is 1.32 bits per heavy atom. The zero-order chi connectivity index (χ0) is 17.6. The second-order valence-corrected chi connectivity index (χ2v) is 6.70. The van der Waals surface area contributed by atoms with Gasteiger partial charge in [0.2, 0.25) is 0 Å². The molecule has 1 unspecified atom stereocenters. The predicted molar refractivity (Wildman–Crippen MR) is 88.9 cm³/mol. The summed E-state index contributed by atoms with van der Waals surface area (Å²) in [6.45, 7) is 1.69. The number of benzene rings is 1. The number of rotatable bonds is 3. The zero-order valence-corrected chi connectivity index (χ0v) is 14.1. The van der Waals surface area contributed by atoms with Crippen molar-refractivity contribution in [1.29, 1.82) is 0 Å². The fourth-order valence-electron chi connectivity index (χ4n) is 3.74. The van der Waals surface area contributed by atoms with Gasteiger partial charge in [0.15, 0.2) is 17.3 Å². The molecule has 2 heterocycles. The molecule has 7 heteroatoms. The molecule has 1 amide bonds. The van der Waals surface area contributed by atoms with E-state index in [2.05, 4.69) is 10.4 Å². The summed E-state index contributed by atoms with van der Waals surface area (Å²) in [4.78, 5) is 14.7. The van der Waals surface area contributed by atoms with Crippen molar-refractivity contribution in [2.45, 2.75) is 31.7 Å². The van der Waals surface area contributed by atoms with E-state index in [0.29, 0.717) is 11.4 Å². The maximum Gasteiger partial charge on any atom is 0.274 e. The Kier molecular flexibility index (Phi) is 4.03. The predicted octanol–water partition coefficient (Wildman–Crippen LogP) is 2.07. The van der Waals surface area contributed by atoms with Crippen LogP contribution in [-0.4, -0.2) is 46.8 Å². The molecule has 1 atom stereocenters. The largest absolute Gasteiger partial charge is 0.336 e. The van der Waals surface area contributed by atoms with Crippen molar-refractivity contribution in [1.82, 2.24) is 20.0 Å². The Hall–Kier alpha value is -2.28. The van der Waals surface area contributed by atoms with Crippen LogP contribution in [0.2, 0.25) is 0 Å². The number of hydrogen-bond donors (Lipinski definition) is 1. The molecule has 2 aliphatic rings. The number of nitrogens with zero attached hydrogens (tertiary/aromatic N) is 3. The van der Waals surface area contributed by atoms with E-state index >= 15 is 0 Å². The van der Waals surface area contributed by atoms with Crippen molar-refractivity contribution < 1.29 is 13.6 Å². The lowest BCUT2D eigenvalue weighted by molar-refractivity contribution is 0.0736. The first-order chi connectivity index (χ1) is 12.1. The molecule has 0 saturated carbocycles. The number of carbonyl (C=O) groups excluding carboxylic acids is 1. The average Bonchev–Trinajstić information content (AvgIpc) is 3.33. The normalized spacial score (nSPS) is 19.2. The second kappa shape index (κ2) is 6.22. The third-order valence-electron chi connectivity index (χ3n) is 5.18. The van der Waals surface area contributed by atoms with E-state index in [1.165, 1.54) is 6.07 Å². The van der Waals surface area contributed by atoms with Gasteiger partial charge in [-0.05, 0) is 44.4 Å². The summed E-state index contributed by atoms with van der Waals surface area (Å²) >= 11 is 0. The minimum Gasteiger partial charge on any atom is -0.336 e. The molecule has 5 nitrogen and oxygen atoms in total. The van der Waals surface area contributed by atoms with Gasteiger partial charge in [0.1, 0.15) is 0 Å². The highest BCUT2D eigenvalue weighted by Crippen LogP contribution is 2.29. The monoisotopic (exact) mass is 346 g/mol. The molecule has 1 fully saturated rings. The SMILES string of the molecule is CN(C(=O)c1nn(-c2ccc(F)c(F)c2)c2c1CCC2)C1CCNC1. The van der Waals surface area contributed by atoms with Gasteiger partial charge in [-0.3, -0.25) is 4.79 Å². The fourth-order valence-corrected chi connectivity index (χ4v) is 3.74. The third-order valence-corrected chi connectivity index (χ3v) is 5.18. The summed E-state index contributed by atoms with van der Waals surface area (Å²) in [7, 11) is 1.80. The molecule has 0 radical (unpaired) electrons. The molecule has 4 rings (SSSR count). The maximum absolute atomic E-state index is 13.6. The van der Waals surface area contributed by atoms with Crippen molar-refractivity contribution in [2.75, 3.05) is 20.1 Å². The number of halogens is 2. The van der Waals surface area contributed by atoms with E-state index < -0.39 is 11.6 Å². The lowest BCUT2D eigenvalue weighted by Gasteiger charge is -2.23. The highest BCUT2D eigenvalue weighted by atomic mass is 19.2. The van der Waals surface area contributed by atoms with Gasteiger partial charge in [0, 0.05) is 37.0 Å². The molecular formula is C18H20F2N4O. The topological polar surface area (TPSA) is 50.2 Å². The smallest absolute Gasteiger partial charge is 0.274 e. The van der Waals surface area contributed by atoms with Crippen LogP contribution >= 0.6 is 0 Å². The summed E-state index contributed by atoms with van der Waals surface area (Å²) < 4.78 is 28.4. The molecule has 2 aromatic rings.